The number of aromatic nitrogens is 1. The highest BCUT2D eigenvalue weighted by Crippen LogP contribution is 2.21. The van der Waals surface area contributed by atoms with Crippen LogP contribution in [0.1, 0.15) is 11.3 Å². The molecule has 0 N–H and O–H groups in total. The Kier molecular flexibility index (Phi) is 6.05. The van der Waals surface area contributed by atoms with Crippen LogP contribution in [-0.4, -0.2) is 38.8 Å². The zero-order valence-electron chi connectivity index (χ0n) is 13.7. The summed E-state index contributed by atoms with van der Waals surface area (Å²) in [5.74, 6) is 6.94. The number of carbonyl (C=O) groups excluding carboxylic acids is 1. The molecule has 1 aromatic heterocycles. The second-order valence-electron chi connectivity index (χ2n) is 4.91. The first-order valence-electron chi connectivity index (χ1n) is 7.14. The molecule has 0 aliphatic rings. The summed E-state index contributed by atoms with van der Waals surface area (Å²) in [4.78, 5) is 17.4. The Balaban J connectivity index is 2.20. The number of nitrogens with zero attached hydrogens (tertiary/aromatic N) is 2. The molecule has 6 heteroatoms. The smallest absolute Gasteiger partial charge is 0.325 e. The average Bonchev–Trinajstić information content (AvgIpc) is 2.60. The van der Waals surface area contributed by atoms with Gasteiger partial charge in [0.25, 0.3) is 0 Å². The maximum absolute atomic E-state index is 11.3. The van der Waals surface area contributed by atoms with Crippen LogP contribution in [0, 0.1) is 11.8 Å². The predicted molar refractivity (Wildman–Crippen MR) is 93.5 cm³/mol. The van der Waals surface area contributed by atoms with E-state index in [0.29, 0.717) is 27.8 Å². The Labute approximate surface area is 146 Å². The van der Waals surface area contributed by atoms with Crippen LogP contribution in [0.5, 0.6) is 5.75 Å². The second-order valence-corrected chi connectivity index (χ2v) is 5.32. The molecule has 24 heavy (non-hydrogen) atoms. The van der Waals surface area contributed by atoms with Crippen molar-refractivity contribution in [3.05, 3.63) is 52.7 Å². The normalized spacial score (nSPS) is 9.67. The van der Waals surface area contributed by atoms with Gasteiger partial charge in [0.05, 0.1) is 19.2 Å². The molecule has 5 nitrogen and oxygen atoms in total. The molecule has 0 fully saturated rings. The standard InChI is InChI=1S/C18H17ClN2O3/c1-21(12-18(22)24-3)17-6-4-5-14(20-17)9-7-13-8-10-15(23-2)11-16(13)19/h4-6,8,10-11H,12H2,1-3H3. The topological polar surface area (TPSA) is 51.7 Å². The summed E-state index contributed by atoms with van der Waals surface area (Å²) < 4.78 is 9.76. The van der Waals surface area contributed by atoms with Gasteiger partial charge in [-0.3, -0.25) is 4.79 Å². The van der Waals surface area contributed by atoms with Crippen molar-refractivity contribution in [3.8, 4) is 17.6 Å². The molecule has 2 aromatic rings. The van der Waals surface area contributed by atoms with Crippen LogP contribution in [0.15, 0.2) is 36.4 Å². The lowest BCUT2D eigenvalue weighted by molar-refractivity contribution is -0.138. The van der Waals surface area contributed by atoms with Crippen LogP contribution in [0.25, 0.3) is 0 Å². The van der Waals surface area contributed by atoms with E-state index in [4.69, 9.17) is 16.3 Å². The van der Waals surface area contributed by atoms with Gasteiger partial charge in [0.2, 0.25) is 0 Å². The van der Waals surface area contributed by atoms with Crippen molar-refractivity contribution >= 4 is 23.4 Å². The largest absolute Gasteiger partial charge is 0.497 e. The van der Waals surface area contributed by atoms with E-state index in [1.807, 2.05) is 6.07 Å². The second kappa shape index (κ2) is 8.23. The minimum absolute atomic E-state index is 0.116. The highest BCUT2D eigenvalue weighted by Gasteiger charge is 2.08. The lowest BCUT2D eigenvalue weighted by Gasteiger charge is -2.16. The molecule has 0 spiro atoms. The van der Waals surface area contributed by atoms with Crippen LogP contribution >= 0.6 is 11.6 Å². The predicted octanol–water partition coefficient (Wildman–Crippen LogP) is 2.75. The van der Waals surface area contributed by atoms with Crippen LogP contribution < -0.4 is 9.64 Å². The van der Waals surface area contributed by atoms with Crippen molar-refractivity contribution in [2.75, 3.05) is 32.7 Å². The fourth-order valence-electron chi connectivity index (χ4n) is 1.90. The number of esters is 1. The Morgan fingerprint density at radius 2 is 2.04 bits per heavy atom. The van der Waals surface area contributed by atoms with E-state index in [2.05, 4.69) is 21.6 Å². The summed E-state index contributed by atoms with van der Waals surface area (Å²) in [5.41, 5.74) is 1.27. The number of halogens is 1. The molecule has 0 saturated carbocycles. The fourth-order valence-corrected chi connectivity index (χ4v) is 2.12. The number of ether oxygens (including phenoxy) is 2. The van der Waals surface area contributed by atoms with Gasteiger partial charge in [-0.1, -0.05) is 23.6 Å². The molecule has 0 amide bonds. The molecule has 2 rings (SSSR count). The lowest BCUT2D eigenvalue weighted by atomic mass is 10.2. The number of pyridine rings is 1. The van der Waals surface area contributed by atoms with E-state index in [1.165, 1.54) is 7.11 Å². The summed E-state index contributed by atoms with van der Waals surface area (Å²) in [6.07, 6.45) is 0. The minimum Gasteiger partial charge on any atom is -0.497 e. The van der Waals surface area contributed by atoms with Gasteiger partial charge in [-0.2, -0.15) is 0 Å². The molecule has 0 bridgehead atoms. The summed E-state index contributed by atoms with van der Waals surface area (Å²) in [6.45, 7) is 0.116. The monoisotopic (exact) mass is 344 g/mol. The van der Waals surface area contributed by atoms with Crippen molar-refractivity contribution in [2.45, 2.75) is 0 Å². The Morgan fingerprint density at radius 1 is 1.25 bits per heavy atom. The maximum Gasteiger partial charge on any atom is 0.325 e. The van der Waals surface area contributed by atoms with Crippen LogP contribution in [0.4, 0.5) is 5.82 Å². The van der Waals surface area contributed by atoms with Gasteiger partial charge in [-0.25, -0.2) is 4.98 Å². The highest BCUT2D eigenvalue weighted by molar-refractivity contribution is 6.31. The maximum atomic E-state index is 11.3. The summed E-state index contributed by atoms with van der Waals surface area (Å²) in [6, 6.07) is 10.7. The highest BCUT2D eigenvalue weighted by atomic mass is 35.5. The molecule has 0 radical (unpaired) electrons. The Bertz CT molecular complexity index is 796. The number of methoxy groups -OCH3 is 2. The molecular weight excluding hydrogens is 328 g/mol. The molecule has 0 atom stereocenters. The molecule has 0 aliphatic heterocycles. The van der Waals surface area contributed by atoms with E-state index in [9.17, 15) is 4.79 Å². The molecule has 0 saturated heterocycles. The van der Waals surface area contributed by atoms with Gasteiger partial charge in [0.1, 0.15) is 23.8 Å². The molecular formula is C18H17ClN2O3. The molecule has 0 unspecified atom stereocenters. The van der Waals surface area contributed by atoms with E-state index >= 15 is 0 Å². The Morgan fingerprint density at radius 3 is 2.71 bits per heavy atom. The fraction of sp³-hybridized carbons (Fsp3) is 0.222. The van der Waals surface area contributed by atoms with Crippen molar-refractivity contribution in [1.29, 1.82) is 0 Å². The van der Waals surface area contributed by atoms with E-state index < -0.39 is 0 Å². The van der Waals surface area contributed by atoms with Crippen LogP contribution in [0.3, 0.4) is 0 Å². The zero-order valence-corrected chi connectivity index (χ0v) is 14.4. The van der Waals surface area contributed by atoms with Crippen molar-refractivity contribution in [1.82, 2.24) is 4.98 Å². The lowest BCUT2D eigenvalue weighted by Crippen LogP contribution is -2.27. The zero-order chi connectivity index (χ0) is 17.5. The number of carbonyl (C=O) groups is 1. The number of benzene rings is 1. The average molecular weight is 345 g/mol. The number of likely N-dealkylation sites (N-methyl/N-ethyl adjacent to an activating group) is 1. The third kappa shape index (κ3) is 4.64. The molecule has 124 valence electrons. The molecule has 0 aliphatic carbocycles. The number of hydrogen-bond donors (Lipinski definition) is 0. The van der Waals surface area contributed by atoms with E-state index in [-0.39, 0.29) is 12.5 Å². The number of hydrogen-bond acceptors (Lipinski definition) is 5. The first-order valence-corrected chi connectivity index (χ1v) is 7.52. The van der Waals surface area contributed by atoms with Crippen molar-refractivity contribution in [3.63, 3.8) is 0 Å². The minimum atomic E-state index is -0.333. The van der Waals surface area contributed by atoms with Gasteiger partial charge in [0.15, 0.2) is 0 Å². The van der Waals surface area contributed by atoms with E-state index in [1.54, 1.807) is 49.4 Å². The third-order valence-corrected chi connectivity index (χ3v) is 3.53. The van der Waals surface area contributed by atoms with Gasteiger partial charge < -0.3 is 14.4 Å². The SMILES string of the molecule is COC(=O)CN(C)c1cccc(C#Cc2ccc(OC)cc2Cl)n1. The Hall–Kier alpha value is -2.71. The summed E-state index contributed by atoms with van der Waals surface area (Å²) >= 11 is 6.17. The van der Waals surface area contributed by atoms with Crippen molar-refractivity contribution in [2.24, 2.45) is 0 Å². The summed E-state index contributed by atoms with van der Waals surface area (Å²) in [7, 11) is 4.69. The van der Waals surface area contributed by atoms with Gasteiger partial charge in [-0.15, -0.1) is 0 Å². The first kappa shape index (κ1) is 17.6. The van der Waals surface area contributed by atoms with Gasteiger partial charge in [0, 0.05) is 12.6 Å². The summed E-state index contributed by atoms with van der Waals surface area (Å²) in [5, 5.41) is 0.515. The molecule has 1 aromatic carbocycles. The van der Waals surface area contributed by atoms with E-state index in [0.717, 1.165) is 0 Å². The van der Waals surface area contributed by atoms with Crippen molar-refractivity contribution < 1.29 is 14.3 Å². The molecule has 1 heterocycles. The third-order valence-electron chi connectivity index (χ3n) is 3.22. The number of rotatable bonds is 4. The van der Waals surface area contributed by atoms with Gasteiger partial charge in [-0.05, 0) is 36.3 Å². The quantitative estimate of drug-likeness (QED) is 0.630. The van der Waals surface area contributed by atoms with Crippen LogP contribution in [-0.2, 0) is 9.53 Å². The van der Waals surface area contributed by atoms with Gasteiger partial charge >= 0.3 is 5.97 Å². The van der Waals surface area contributed by atoms with Crippen LogP contribution in [0.2, 0.25) is 5.02 Å². The number of anilines is 1. The first-order chi connectivity index (χ1) is 11.5.